The zero-order valence-electron chi connectivity index (χ0n) is 6.82. The molecular formula is C9H17P. The van der Waals surface area contributed by atoms with Crippen molar-refractivity contribution in [1.29, 1.82) is 0 Å². The van der Waals surface area contributed by atoms with Crippen molar-refractivity contribution in [3.8, 4) is 0 Å². The van der Waals surface area contributed by atoms with Gasteiger partial charge in [0.05, 0.1) is 0 Å². The topological polar surface area (TPSA) is 0 Å². The van der Waals surface area contributed by atoms with E-state index in [1.807, 2.05) is 0 Å². The van der Waals surface area contributed by atoms with Gasteiger partial charge in [0.2, 0.25) is 0 Å². The van der Waals surface area contributed by atoms with Crippen LogP contribution in [0.4, 0.5) is 0 Å². The molecule has 58 valence electrons. The number of hydrogen-bond donors (Lipinski definition) is 0. The molecule has 3 saturated carbocycles. The van der Waals surface area contributed by atoms with Crippen LogP contribution in [0.15, 0.2) is 0 Å². The monoisotopic (exact) mass is 156 g/mol. The van der Waals surface area contributed by atoms with Gasteiger partial charge in [0, 0.05) is 0 Å². The van der Waals surface area contributed by atoms with Gasteiger partial charge in [-0.3, -0.25) is 0 Å². The van der Waals surface area contributed by atoms with Gasteiger partial charge >= 0.3 is 0 Å². The summed E-state index contributed by atoms with van der Waals surface area (Å²) in [5, 5.41) is 0.678. The predicted molar refractivity (Wildman–Crippen MR) is 48.3 cm³/mol. The summed E-state index contributed by atoms with van der Waals surface area (Å²) in [6, 6.07) is 0. The van der Waals surface area contributed by atoms with E-state index < -0.39 is 0 Å². The van der Waals surface area contributed by atoms with Gasteiger partial charge in [-0.1, -0.05) is 6.92 Å². The lowest BCUT2D eigenvalue weighted by Gasteiger charge is -2.50. The maximum Gasteiger partial charge on any atom is -0.0149 e. The standard InChI is InChI=1S/C9H17P/c1-8-2-5-9(10,6-3-8)7-4-8/h2-7,10H2,1H3. The molecule has 1 heteroatoms. The van der Waals surface area contributed by atoms with Crippen LogP contribution < -0.4 is 0 Å². The Morgan fingerprint density at radius 3 is 1.60 bits per heavy atom. The highest BCUT2D eigenvalue weighted by Gasteiger charge is 2.43. The smallest absolute Gasteiger partial charge is 0.0149 e. The predicted octanol–water partition coefficient (Wildman–Crippen LogP) is 2.97. The Labute approximate surface area is 66.0 Å². The molecule has 0 heterocycles. The van der Waals surface area contributed by atoms with Crippen LogP contribution in [0.3, 0.4) is 0 Å². The van der Waals surface area contributed by atoms with Gasteiger partial charge in [0.1, 0.15) is 0 Å². The number of rotatable bonds is 0. The second-order valence-electron chi connectivity index (χ2n) is 4.67. The fourth-order valence-corrected chi connectivity index (χ4v) is 2.84. The van der Waals surface area contributed by atoms with Crippen molar-refractivity contribution in [3.63, 3.8) is 0 Å². The maximum atomic E-state index is 3.09. The molecule has 2 bridgehead atoms. The van der Waals surface area contributed by atoms with Crippen LogP contribution in [0.5, 0.6) is 0 Å². The lowest BCUT2D eigenvalue weighted by molar-refractivity contribution is 0.102. The minimum absolute atomic E-state index is 0.678. The van der Waals surface area contributed by atoms with Gasteiger partial charge in [-0.05, 0) is 49.1 Å². The highest BCUT2D eigenvalue weighted by Crippen LogP contribution is 2.55. The van der Waals surface area contributed by atoms with E-state index in [2.05, 4.69) is 16.2 Å². The molecule has 1 atom stereocenters. The van der Waals surface area contributed by atoms with E-state index in [1.165, 1.54) is 38.5 Å². The van der Waals surface area contributed by atoms with Crippen molar-refractivity contribution in [2.75, 3.05) is 0 Å². The quantitative estimate of drug-likeness (QED) is 0.473. The van der Waals surface area contributed by atoms with Crippen molar-refractivity contribution < 1.29 is 0 Å². The molecule has 0 aromatic heterocycles. The third-order valence-electron chi connectivity index (χ3n) is 3.68. The van der Waals surface area contributed by atoms with Crippen molar-refractivity contribution in [1.82, 2.24) is 0 Å². The molecule has 3 fully saturated rings. The van der Waals surface area contributed by atoms with Crippen LogP contribution in [0.2, 0.25) is 0 Å². The van der Waals surface area contributed by atoms with Crippen LogP contribution in [0.1, 0.15) is 45.4 Å². The molecule has 0 aliphatic heterocycles. The molecule has 0 spiro atoms. The maximum absolute atomic E-state index is 3.09. The Bertz CT molecular complexity index is 108. The fourth-order valence-electron chi connectivity index (χ4n) is 2.40. The normalized spacial score (nSPS) is 53.4. The molecule has 0 N–H and O–H groups in total. The van der Waals surface area contributed by atoms with Crippen molar-refractivity contribution in [2.45, 2.75) is 50.6 Å². The first-order valence-electron chi connectivity index (χ1n) is 4.41. The Balaban J connectivity index is 2.16. The number of hydrogen-bond acceptors (Lipinski definition) is 0. The van der Waals surface area contributed by atoms with E-state index in [0.29, 0.717) is 5.16 Å². The fraction of sp³-hybridized carbons (Fsp3) is 1.00. The van der Waals surface area contributed by atoms with E-state index in [9.17, 15) is 0 Å². The van der Waals surface area contributed by atoms with E-state index in [1.54, 1.807) is 0 Å². The van der Waals surface area contributed by atoms with Gasteiger partial charge in [-0.2, -0.15) is 0 Å². The van der Waals surface area contributed by atoms with E-state index in [-0.39, 0.29) is 0 Å². The largest absolute Gasteiger partial charge is 0.131 e. The molecule has 1 unspecified atom stereocenters. The number of fused-ring (bicyclic) bond motifs is 3. The van der Waals surface area contributed by atoms with Crippen LogP contribution in [0, 0.1) is 5.41 Å². The van der Waals surface area contributed by atoms with Crippen molar-refractivity contribution in [2.24, 2.45) is 5.41 Å². The summed E-state index contributed by atoms with van der Waals surface area (Å²) < 4.78 is 0. The van der Waals surface area contributed by atoms with Gasteiger partial charge in [-0.25, -0.2) is 0 Å². The molecule has 0 nitrogen and oxygen atoms in total. The summed E-state index contributed by atoms with van der Waals surface area (Å²) in [6.07, 6.45) is 8.85. The minimum atomic E-state index is 0.678. The van der Waals surface area contributed by atoms with Crippen LogP contribution >= 0.6 is 9.24 Å². The second kappa shape index (κ2) is 1.97. The average Bonchev–Trinajstić information content (AvgIpc) is 1.93. The molecule has 0 aromatic carbocycles. The molecule has 10 heavy (non-hydrogen) atoms. The summed E-state index contributed by atoms with van der Waals surface area (Å²) in [5.41, 5.74) is 0.748. The van der Waals surface area contributed by atoms with Gasteiger partial charge < -0.3 is 0 Å². The third kappa shape index (κ3) is 1.01. The minimum Gasteiger partial charge on any atom is -0.131 e. The zero-order chi connectivity index (χ0) is 7.24. The van der Waals surface area contributed by atoms with Crippen LogP contribution in [-0.4, -0.2) is 5.16 Å². The Hall–Kier alpha value is 0.430. The Morgan fingerprint density at radius 1 is 0.900 bits per heavy atom. The summed E-state index contributed by atoms with van der Waals surface area (Å²) in [7, 11) is 3.09. The van der Waals surface area contributed by atoms with Gasteiger partial charge in [0.15, 0.2) is 0 Å². The molecule has 0 radical (unpaired) electrons. The first-order chi connectivity index (χ1) is 4.62. The molecular weight excluding hydrogens is 139 g/mol. The SMILES string of the molecule is CC12CCC(P)(CC1)CC2. The highest BCUT2D eigenvalue weighted by molar-refractivity contribution is 7.19. The summed E-state index contributed by atoms with van der Waals surface area (Å²) in [6.45, 7) is 2.47. The molecule has 3 aliphatic carbocycles. The van der Waals surface area contributed by atoms with Crippen molar-refractivity contribution >= 4 is 9.24 Å². The molecule has 0 amide bonds. The Morgan fingerprint density at radius 2 is 1.30 bits per heavy atom. The molecule has 0 saturated heterocycles. The Kier molecular flexibility index (Phi) is 1.40. The van der Waals surface area contributed by atoms with E-state index in [0.717, 1.165) is 5.41 Å². The van der Waals surface area contributed by atoms with Gasteiger partial charge in [-0.15, -0.1) is 9.24 Å². The lowest BCUT2D eigenvalue weighted by atomic mass is 9.61. The highest BCUT2D eigenvalue weighted by atomic mass is 31.0. The van der Waals surface area contributed by atoms with Crippen molar-refractivity contribution in [3.05, 3.63) is 0 Å². The third-order valence-corrected chi connectivity index (χ3v) is 4.55. The summed E-state index contributed by atoms with van der Waals surface area (Å²) in [5.74, 6) is 0. The van der Waals surface area contributed by atoms with E-state index >= 15 is 0 Å². The molecule has 3 aliphatic rings. The van der Waals surface area contributed by atoms with E-state index in [4.69, 9.17) is 0 Å². The first kappa shape index (κ1) is 7.10. The first-order valence-corrected chi connectivity index (χ1v) is 4.99. The van der Waals surface area contributed by atoms with Crippen LogP contribution in [0.25, 0.3) is 0 Å². The zero-order valence-corrected chi connectivity index (χ0v) is 7.97. The molecule has 3 rings (SSSR count). The van der Waals surface area contributed by atoms with Gasteiger partial charge in [0.25, 0.3) is 0 Å². The average molecular weight is 156 g/mol. The summed E-state index contributed by atoms with van der Waals surface area (Å²) in [4.78, 5) is 0. The molecule has 0 aromatic rings. The second-order valence-corrected chi connectivity index (χ2v) is 5.90. The lowest BCUT2D eigenvalue weighted by Crippen LogP contribution is -2.40. The van der Waals surface area contributed by atoms with Crippen LogP contribution in [-0.2, 0) is 0 Å². The summed E-state index contributed by atoms with van der Waals surface area (Å²) >= 11 is 0.